The summed E-state index contributed by atoms with van der Waals surface area (Å²) in [5.41, 5.74) is 5.73. The van der Waals surface area contributed by atoms with Gasteiger partial charge in [-0.1, -0.05) is 24.3 Å². The number of para-hydroxylation sites is 1. The van der Waals surface area contributed by atoms with Gasteiger partial charge in [0.15, 0.2) is 0 Å². The zero-order valence-electron chi connectivity index (χ0n) is 17.6. The highest BCUT2D eigenvalue weighted by Crippen LogP contribution is 2.34. The van der Waals surface area contributed by atoms with Gasteiger partial charge in [0.2, 0.25) is 10.0 Å². The van der Waals surface area contributed by atoms with Crippen LogP contribution in [0.25, 0.3) is 33.1 Å². The monoisotopic (exact) mass is 443 g/mol. The Kier molecular flexibility index (Phi) is 4.88. The molecule has 0 atom stereocenters. The molecule has 3 aromatic carbocycles. The first-order valence-corrected chi connectivity index (χ1v) is 11.5. The van der Waals surface area contributed by atoms with Crippen molar-refractivity contribution in [1.82, 2.24) is 19.3 Å². The molecule has 32 heavy (non-hydrogen) atoms. The van der Waals surface area contributed by atoms with Crippen molar-refractivity contribution in [3.8, 4) is 11.1 Å². The minimum absolute atomic E-state index is 0.175. The molecule has 5 rings (SSSR count). The van der Waals surface area contributed by atoms with Crippen LogP contribution >= 0.6 is 0 Å². The fourth-order valence-corrected chi connectivity index (χ4v) is 4.75. The molecule has 0 fully saturated rings. The van der Waals surface area contributed by atoms with Crippen molar-refractivity contribution >= 4 is 43.3 Å². The summed E-state index contributed by atoms with van der Waals surface area (Å²) in [4.78, 5) is 9.23. The van der Waals surface area contributed by atoms with Crippen LogP contribution in [0.5, 0.6) is 0 Å². The van der Waals surface area contributed by atoms with E-state index in [9.17, 15) is 8.42 Å². The van der Waals surface area contributed by atoms with Crippen LogP contribution in [0.2, 0.25) is 0 Å². The average Bonchev–Trinajstić information content (AvgIpc) is 3.19. The number of hydrogen-bond acceptors (Lipinski definition) is 5. The third-order valence-corrected chi connectivity index (χ3v) is 6.97. The smallest absolute Gasteiger partial charge is 0.242 e. The lowest BCUT2D eigenvalue weighted by Gasteiger charge is -2.14. The molecule has 0 spiro atoms. The summed E-state index contributed by atoms with van der Waals surface area (Å²) in [5.74, 6) is 0. The number of nitrogens with zero attached hydrogens (tertiary/aromatic N) is 3. The van der Waals surface area contributed by atoms with Crippen molar-refractivity contribution in [3.05, 3.63) is 79.3 Å². The Hall–Kier alpha value is -3.75. The number of hydrogen-bond donors (Lipinski definition) is 2. The van der Waals surface area contributed by atoms with Gasteiger partial charge in [0, 0.05) is 42.4 Å². The van der Waals surface area contributed by atoms with Crippen molar-refractivity contribution in [2.24, 2.45) is 7.05 Å². The molecule has 0 unspecified atom stereocenters. The van der Waals surface area contributed by atoms with Crippen LogP contribution in [0.3, 0.4) is 0 Å². The number of sulfonamides is 1. The summed E-state index contributed by atoms with van der Waals surface area (Å²) < 4.78 is 29.4. The Morgan fingerprint density at radius 3 is 2.59 bits per heavy atom. The second-order valence-corrected chi connectivity index (χ2v) is 9.33. The number of aryl methyl sites for hydroxylation is 1. The molecule has 0 aliphatic rings. The summed E-state index contributed by atoms with van der Waals surface area (Å²) in [7, 11) is -0.206. The molecule has 0 bridgehead atoms. The van der Waals surface area contributed by atoms with E-state index in [1.165, 1.54) is 7.05 Å². The van der Waals surface area contributed by atoms with Crippen molar-refractivity contribution < 1.29 is 8.42 Å². The van der Waals surface area contributed by atoms with Crippen LogP contribution in [-0.2, 0) is 17.1 Å². The van der Waals surface area contributed by atoms with Crippen molar-refractivity contribution in [3.63, 3.8) is 0 Å². The molecular weight excluding hydrogens is 422 g/mol. The molecule has 160 valence electrons. The minimum atomic E-state index is -3.62. The van der Waals surface area contributed by atoms with Gasteiger partial charge in [-0.3, -0.25) is 9.97 Å². The SMILES string of the molecule is CNS(=O)(=O)c1ccccc1Nc1cc(-c2ccc3ccn(C)c3c2)c2nccnc2c1. The highest BCUT2D eigenvalue weighted by molar-refractivity contribution is 7.89. The zero-order valence-corrected chi connectivity index (χ0v) is 18.4. The van der Waals surface area contributed by atoms with Crippen LogP contribution in [0.15, 0.2) is 84.1 Å². The van der Waals surface area contributed by atoms with E-state index in [1.54, 1.807) is 36.7 Å². The second kappa shape index (κ2) is 7.74. The molecule has 0 aliphatic heterocycles. The quantitative estimate of drug-likeness (QED) is 0.419. The predicted molar refractivity (Wildman–Crippen MR) is 127 cm³/mol. The standard InChI is InChI=1S/C24H21N5O2S/c1-25-32(30,31)23-6-4-3-5-20(23)28-18-14-19(24-21(15-18)26-10-11-27-24)17-8-7-16-9-12-29(2)22(16)13-17/h3-15,25,28H,1-2H3. The molecule has 2 aromatic heterocycles. The number of rotatable bonds is 5. The molecule has 5 aromatic rings. The van der Waals surface area contributed by atoms with Gasteiger partial charge in [0.05, 0.1) is 16.7 Å². The van der Waals surface area contributed by atoms with Crippen molar-refractivity contribution in [2.45, 2.75) is 4.90 Å². The van der Waals surface area contributed by atoms with Crippen LogP contribution in [0.1, 0.15) is 0 Å². The third-order valence-electron chi connectivity index (χ3n) is 5.50. The molecule has 7 nitrogen and oxygen atoms in total. The largest absolute Gasteiger partial charge is 0.354 e. The maximum atomic E-state index is 12.5. The van der Waals surface area contributed by atoms with Crippen molar-refractivity contribution in [2.75, 3.05) is 12.4 Å². The Morgan fingerprint density at radius 2 is 1.75 bits per heavy atom. The highest BCUT2D eigenvalue weighted by Gasteiger charge is 2.17. The van der Waals surface area contributed by atoms with Crippen LogP contribution in [0, 0.1) is 0 Å². The topological polar surface area (TPSA) is 88.9 Å². The lowest BCUT2D eigenvalue weighted by atomic mass is 10.0. The Morgan fingerprint density at radius 1 is 0.938 bits per heavy atom. The van der Waals surface area contributed by atoms with Gasteiger partial charge < -0.3 is 9.88 Å². The second-order valence-electron chi connectivity index (χ2n) is 7.48. The molecule has 2 heterocycles. The molecule has 8 heteroatoms. The van der Waals surface area contributed by atoms with E-state index in [0.717, 1.165) is 33.2 Å². The Balaban J connectivity index is 1.68. The summed E-state index contributed by atoms with van der Waals surface area (Å²) in [6.07, 6.45) is 5.36. The summed E-state index contributed by atoms with van der Waals surface area (Å²) in [6.45, 7) is 0. The Labute approximate surface area is 185 Å². The molecule has 0 aliphatic carbocycles. The summed E-state index contributed by atoms with van der Waals surface area (Å²) >= 11 is 0. The average molecular weight is 444 g/mol. The first-order chi connectivity index (χ1) is 15.5. The van der Waals surface area contributed by atoms with E-state index < -0.39 is 10.0 Å². The lowest BCUT2D eigenvalue weighted by molar-refractivity contribution is 0.588. The van der Waals surface area contributed by atoms with Gasteiger partial charge in [0.25, 0.3) is 0 Å². The van der Waals surface area contributed by atoms with Gasteiger partial charge in [-0.05, 0) is 54.4 Å². The van der Waals surface area contributed by atoms with Crippen LogP contribution in [-0.4, -0.2) is 30.0 Å². The zero-order chi connectivity index (χ0) is 22.3. The molecule has 0 saturated heterocycles. The van der Waals surface area contributed by atoms with E-state index in [2.05, 4.69) is 48.8 Å². The van der Waals surface area contributed by atoms with Crippen molar-refractivity contribution in [1.29, 1.82) is 0 Å². The fraction of sp³-hybridized carbons (Fsp3) is 0.0833. The van der Waals surface area contributed by atoms with Gasteiger partial charge in [-0.15, -0.1) is 0 Å². The first-order valence-electron chi connectivity index (χ1n) is 10.1. The van der Waals surface area contributed by atoms with E-state index in [4.69, 9.17) is 0 Å². The number of aromatic nitrogens is 3. The normalized spacial score (nSPS) is 11.8. The molecule has 0 radical (unpaired) electrons. The van der Waals surface area contributed by atoms with Crippen LogP contribution in [0.4, 0.5) is 11.4 Å². The lowest BCUT2D eigenvalue weighted by Crippen LogP contribution is -2.19. The third kappa shape index (κ3) is 3.49. The summed E-state index contributed by atoms with van der Waals surface area (Å²) in [6, 6.07) is 19.0. The van der Waals surface area contributed by atoms with Gasteiger partial charge in [-0.25, -0.2) is 13.1 Å². The molecule has 0 amide bonds. The van der Waals surface area contributed by atoms with Gasteiger partial charge >= 0.3 is 0 Å². The van der Waals surface area contributed by atoms with Crippen LogP contribution < -0.4 is 10.0 Å². The van der Waals surface area contributed by atoms with E-state index in [-0.39, 0.29) is 4.90 Å². The highest BCUT2D eigenvalue weighted by atomic mass is 32.2. The Bertz CT molecular complexity index is 1570. The maximum absolute atomic E-state index is 12.5. The van der Waals surface area contributed by atoms with E-state index in [1.807, 2.05) is 25.4 Å². The predicted octanol–water partition coefficient (Wildman–Crippen LogP) is 4.44. The minimum Gasteiger partial charge on any atom is -0.354 e. The fourth-order valence-electron chi connectivity index (χ4n) is 3.87. The van der Waals surface area contributed by atoms with Gasteiger partial charge in [0.1, 0.15) is 4.90 Å². The van der Waals surface area contributed by atoms with E-state index in [0.29, 0.717) is 11.2 Å². The number of fused-ring (bicyclic) bond motifs is 2. The summed E-state index contributed by atoms with van der Waals surface area (Å²) in [5, 5.41) is 4.43. The molecule has 0 saturated carbocycles. The first kappa shape index (κ1) is 20.2. The number of anilines is 2. The maximum Gasteiger partial charge on any atom is 0.242 e. The molecular formula is C24H21N5O2S. The van der Waals surface area contributed by atoms with Gasteiger partial charge in [-0.2, -0.15) is 0 Å². The number of nitrogens with one attached hydrogen (secondary N) is 2. The number of benzene rings is 3. The van der Waals surface area contributed by atoms with E-state index >= 15 is 0 Å². The molecule has 2 N–H and O–H groups in total.